The van der Waals surface area contributed by atoms with Gasteiger partial charge in [-0.3, -0.25) is 0 Å². The lowest BCUT2D eigenvalue weighted by molar-refractivity contribution is -0.0821. The first-order valence-corrected chi connectivity index (χ1v) is 38.2. The number of hydrogen-bond donors (Lipinski definition) is 4. The predicted molar refractivity (Wildman–Crippen MR) is 372 cm³/mol. The van der Waals surface area contributed by atoms with Crippen LogP contribution in [0.1, 0.15) is 300 Å². The molecular formula is C80H136N4O4. The topological polar surface area (TPSA) is 93.9 Å². The summed E-state index contributed by atoms with van der Waals surface area (Å²) in [5.74, 6) is 2.29. The van der Waals surface area contributed by atoms with E-state index in [4.69, 9.17) is 0 Å². The largest absolute Gasteiger partial charge is 0.389 e. The van der Waals surface area contributed by atoms with E-state index in [1.54, 1.807) is 0 Å². The molecule has 11 rings (SSSR count). The lowest BCUT2D eigenvalue weighted by Gasteiger charge is -2.42. The molecule has 9 fully saturated rings. The monoisotopic (exact) mass is 1220 g/mol. The summed E-state index contributed by atoms with van der Waals surface area (Å²) >= 11 is 0. The van der Waals surface area contributed by atoms with E-state index in [2.05, 4.69) is 102 Å². The molecule has 500 valence electrons. The molecule has 5 aliphatic carbocycles. The Bertz CT molecular complexity index is 2210. The smallest absolute Gasteiger partial charge is 0.0939 e. The summed E-state index contributed by atoms with van der Waals surface area (Å²) in [6.07, 6.45) is 52.5. The van der Waals surface area contributed by atoms with Gasteiger partial charge in [-0.05, 0) is 208 Å². The van der Waals surface area contributed by atoms with Gasteiger partial charge < -0.3 is 40.0 Å². The van der Waals surface area contributed by atoms with Crippen molar-refractivity contribution in [2.45, 2.75) is 312 Å². The molecule has 0 amide bonds. The summed E-state index contributed by atoms with van der Waals surface area (Å²) < 4.78 is 0. The van der Waals surface area contributed by atoms with Crippen molar-refractivity contribution in [2.24, 2.45) is 29.6 Å². The van der Waals surface area contributed by atoms with Gasteiger partial charge in [0, 0.05) is 49.9 Å². The van der Waals surface area contributed by atoms with Gasteiger partial charge in [0.05, 0.1) is 22.4 Å². The third kappa shape index (κ3) is 21.2. The van der Waals surface area contributed by atoms with Gasteiger partial charge in [0.1, 0.15) is 0 Å². The highest BCUT2D eigenvalue weighted by Crippen LogP contribution is 2.47. The van der Waals surface area contributed by atoms with E-state index in [1.165, 1.54) is 281 Å². The fourth-order valence-corrected chi connectivity index (χ4v) is 18.5. The van der Waals surface area contributed by atoms with Crippen LogP contribution in [-0.4, -0.2) is 130 Å². The fraction of sp³-hybridized carbons (Fsp3) is 0.825. The third-order valence-corrected chi connectivity index (χ3v) is 24.2. The van der Waals surface area contributed by atoms with Crippen molar-refractivity contribution >= 4 is 0 Å². The zero-order valence-electron chi connectivity index (χ0n) is 57.6. The van der Waals surface area contributed by atoms with E-state index < -0.39 is 16.8 Å². The molecule has 8 unspecified atom stereocenters. The van der Waals surface area contributed by atoms with E-state index in [9.17, 15) is 20.4 Å². The Morgan fingerprint density at radius 1 is 0.398 bits per heavy atom. The lowest BCUT2D eigenvalue weighted by atomic mass is 9.72. The zero-order valence-corrected chi connectivity index (χ0v) is 57.6. The van der Waals surface area contributed by atoms with Gasteiger partial charge in [-0.1, -0.05) is 217 Å². The normalized spacial score (nSPS) is 32.8. The Hall–Kier alpha value is -2.14. The number of hydrogen-bond acceptors (Lipinski definition) is 8. The molecule has 4 saturated heterocycles. The summed E-state index contributed by atoms with van der Waals surface area (Å²) in [4.78, 5) is 10.5. The van der Waals surface area contributed by atoms with E-state index in [0.717, 1.165) is 76.6 Å². The van der Waals surface area contributed by atoms with Crippen LogP contribution in [0.5, 0.6) is 0 Å². The van der Waals surface area contributed by atoms with Gasteiger partial charge in [-0.25, -0.2) is 0 Å². The minimum Gasteiger partial charge on any atom is -0.389 e. The molecule has 0 bridgehead atoms. The number of aryl methyl sites for hydroxylation is 1. The maximum absolute atomic E-state index is 11.9. The van der Waals surface area contributed by atoms with Crippen molar-refractivity contribution < 1.29 is 20.4 Å². The molecule has 8 heteroatoms. The van der Waals surface area contributed by atoms with Crippen molar-refractivity contribution in [3.8, 4) is 0 Å². The molecule has 4 heterocycles. The van der Waals surface area contributed by atoms with Crippen molar-refractivity contribution in [1.29, 1.82) is 0 Å². The highest BCUT2D eigenvalue weighted by molar-refractivity contribution is 5.33. The molecule has 0 spiro atoms. The first-order valence-electron chi connectivity index (χ1n) is 38.2. The summed E-state index contributed by atoms with van der Waals surface area (Å²) in [5.41, 5.74) is 2.86. The van der Waals surface area contributed by atoms with Gasteiger partial charge in [0.25, 0.3) is 0 Å². The minimum atomic E-state index is -0.654. The quantitative estimate of drug-likeness (QED) is 0.123. The highest BCUT2D eigenvalue weighted by Gasteiger charge is 2.46. The van der Waals surface area contributed by atoms with Crippen LogP contribution in [0.15, 0.2) is 61.2 Å². The van der Waals surface area contributed by atoms with E-state index >= 15 is 0 Å². The molecule has 88 heavy (non-hydrogen) atoms. The summed E-state index contributed by atoms with van der Waals surface area (Å²) in [6.45, 7) is 27.1. The van der Waals surface area contributed by atoms with Crippen LogP contribution in [0, 0.1) is 36.5 Å². The lowest BCUT2D eigenvalue weighted by Crippen LogP contribution is -2.48. The SMILES string of the molecule is C=CC1(O)CCCCCC1CN1CCCCCC1.CC(C)(C)c1ccc(C2(O)CCCCCC2CN2CCCCCC2)cc1.Cc1ccccc1C1(O)CCCCCC1CN1CCCCCC1.OC1(C2CCCC2)CCCCCC1CN1CCCCCC1. The molecular weight excluding hydrogens is 1080 g/mol. The fourth-order valence-electron chi connectivity index (χ4n) is 18.5. The van der Waals surface area contributed by atoms with Gasteiger partial charge in [-0.15, -0.1) is 6.58 Å². The second kappa shape index (κ2) is 36.5. The van der Waals surface area contributed by atoms with Gasteiger partial charge >= 0.3 is 0 Å². The first kappa shape index (κ1) is 71.7. The van der Waals surface area contributed by atoms with E-state index in [1.807, 2.05) is 6.08 Å². The van der Waals surface area contributed by atoms with Crippen LogP contribution in [-0.2, 0) is 16.6 Å². The van der Waals surface area contributed by atoms with Crippen LogP contribution in [0.3, 0.4) is 0 Å². The molecule has 8 nitrogen and oxygen atoms in total. The van der Waals surface area contributed by atoms with Crippen molar-refractivity contribution in [3.05, 3.63) is 83.4 Å². The Labute approximate surface area is 541 Å². The van der Waals surface area contributed by atoms with Crippen LogP contribution >= 0.6 is 0 Å². The van der Waals surface area contributed by atoms with E-state index in [0.29, 0.717) is 29.6 Å². The Kier molecular flexibility index (Phi) is 29.7. The van der Waals surface area contributed by atoms with Crippen LogP contribution in [0.4, 0.5) is 0 Å². The third-order valence-electron chi connectivity index (χ3n) is 24.2. The second-order valence-corrected chi connectivity index (χ2v) is 31.7. The molecule has 0 radical (unpaired) electrons. The number of nitrogens with zero attached hydrogens (tertiary/aromatic N) is 4. The van der Waals surface area contributed by atoms with Crippen molar-refractivity contribution in [3.63, 3.8) is 0 Å². The average Bonchev–Trinajstić information content (AvgIpc) is 1.80. The van der Waals surface area contributed by atoms with Crippen LogP contribution < -0.4 is 0 Å². The molecule has 4 N–H and O–H groups in total. The van der Waals surface area contributed by atoms with Crippen molar-refractivity contribution in [2.75, 3.05) is 78.5 Å². The molecule has 2 aromatic rings. The molecule has 5 saturated carbocycles. The number of aliphatic hydroxyl groups is 4. The maximum atomic E-state index is 11.9. The predicted octanol–water partition coefficient (Wildman–Crippen LogP) is 18.0. The Morgan fingerprint density at radius 3 is 1.19 bits per heavy atom. The minimum absolute atomic E-state index is 0.163. The molecule has 9 aliphatic rings. The highest BCUT2D eigenvalue weighted by atomic mass is 16.3. The number of likely N-dealkylation sites (tertiary alicyclic amines) is 4. The zero-order chi connectivity index (χ0) is 62.1. The molecule has 2 aromatic carbocycles. The van der Waals surface area contributed by atoms with Crippen LogP contribution in [0.2, 0.25) is 0 Å². The standard InChI is InChI=1S/C24H39NO.C21H33NO.C19H35NO.C16H29NO/c1-23(2,3)20-12-14-21(15-13-20)24(26)16-8-6-7-11-22(24)19-25-17-9-4-5-10-18-25;1-18-11-6-7-13-20(18)21(23)14-8-4-5-12-19(21)17-22-15-9-2-3-10-16-22;21-19(17-10-5-6-11-17)13-7-3-4-12-18(19)16-20-14-8-1-2-9-15-20;1-2-16(18)11-7-5-6-10-15(16)14-17-12-8-3-4-9-13-17/h12-15,22,26H,4-11,16-19H2,1-3H3;6-7,11,13,19,23H,2-5,8-10,12,14-17H2,1H3;17-18,21H,1-16H2;2,15,18H,1,3-14H2. The summed E-state index contributed by atoms with van der Waals surface area (Å²) in [7, 11) is 0. The Balaban J connectivity index is 0.000000153. The van der Waals surface area contributed by atoms with Gasteiger partial charge in [-0.2, -0.15) is 0 Å². The first-order chi connectivity index (χ1) is 42.6. The molecule has 0 aromatic heterocycles. The average molecular weight is 1220 g/mol. The maximum Gasteiger partial charge on any atom is 0.0939 e. The summed E-state index contributed by atoms with van der Waals surface area (Å²) in [6, 6.07) is 17.4. The van der Waals surface area contributed by atoms with Gasteiger partial charge in [0.2, 0.25) is 0 Å². The van der Waals surface area contributed by atoms with Crippen LogP contribution in [0.25, 0.3) is 0 Å². The molecule has 4 aliphatic heterocycles. The number of benzene rings is 2. The second-order valence-electron chi connectivity index (χ2n) is 31.7. The van der Waals surface area contributed by atoms with E-state index in [-0.39, 0.29) is 11.0 Å². The number of rotatable bonds is 12. The Morgan fingerprint density at radius 2 is 0.750 bits per heavy atom. The summed E-state index contributed by atoms with van der Waals surface area (Å²) in [5, 5.41) is 45.9. The molecule has 8 atom stereocenters. The van der Waals surface area contributed by atoms with Crippen molar-refractivity contribution in [1.82, 2.24) is 19.6 Å². The van der Waals surface area contributed by atoms with Gasteiger partial charge in [0.15, 0.2) is 0 Å².